The van der Waals surface area contributed by atoms with Crippen molar-refractivity contribution < 1.29 is 14.7 Å². The number of fused-ring (bicyclic) bond motifs is 1. The first-order chi connectivity index (χ1) is 15.4. The molecular weight excluding hydrogens is 426 g/mol. The molecule has 0 saturated carbocycles. The Morgan fingerprint density at radius 1 is 1.16 bits per heavy atom. The maximum atomic E-state index is 12.5. The predicted molar refractivity (Wildman–Crippen MR) is 123 cm³/mol. The highest BCUT2D eigenvalue weighted by Gasteiger charge is 2.22. The zero-order valence-corrected chi connectivity index (χ0v) is 18.5. The number of hydrogen-bond donors (Lipinski definition) is 3. The van der Waals surface area contributed by atoms with Gasteiger partial charge >= 0.3 is 5.97 Å². The molecule has 164 valence electrons. The first kappa shape index (κ1) is 21.6. The molecule has 4 rings (SSSR count). The Labute approximate surface area is 189 Å². The Kier molecular flexibility index (Phi) is 6.27. The number of rotatable bonds is 8. The van der Waals surface area contributed by atoms with E-state index < -0.39 is 12.0 Å². The van der Waals surface area contributed by atoms with Gasteiger partial charge < -0.3 is 20.0 Å². The van der Waals surface area contributed by atoms with E-state index in [4.69, 9.17) is 0 Å². The van der Waals surface area contributed by atoms with Gasteiger partial charge in [0.2, 0.25) is 5.91 Å². The van der Waals surface area contributed by atoms with Gasteiger partial charge in [-0.3, -0.25) is 4.79 Å². The van der Waals surface area contributed by atoms with Gasteiger partial charge in [-0.15, -0.1) is 10.2 Å². The summed E-state index contributed by atoms with van der Waals surface area (Å²) in [5.74, 6) is -0.692. The Morgan fingerprint density at radius 3 is 2.69 bits per heavy atom. The summed E-state index contributed by atoms with van der Waals surface area (Å²) in [6, 6.07) is 14.5. The van der Waals surface area contributed by atoms with Crippen LogP contribution in [0.1, 0.15) is 11.1 Å². The zero-order chi connectivity index (χ0) is 22.7. The molecular formula is C23H23N5O3S. The number of H-pyrrole nitrogens is 1. The largest absolute Gasteiger partial charge is 0.480 e. The number of hydrogen-bond acceptors (Lipinski definition) is 5. The van der Waals surface area contributed by atoms with Crippen LogP contribution in [0.4, 0.5) is 0 Å². The van der Waals surface area contributed by atoms with Crippen LogP contribution in [0.25, 0.3) is 22.3 Å². The maximum Gasteiger partial charge on any atom is 0.326 e. The van der Waals surface area contributed by atoms with Gasteiger partial charge in [-0.1, -0.05) is 54.2 Å². The molecule has 0 aliphatic carbocycles. The van der Waals surface area contributed by atoms with E-state index in [2.05, 4.69) is 20.5 Å². The fourth-order valence-corrected chi connectivity index (χ4v) is 4.31. The summed E-state index contributed by atoms with van der Waals surface area (Å²) in [5.41, 5.74) is 3.83. The fourth-order valence-electron chi connectivity index (χ4n) is 3.59. The summed E-state index contributed by atoms with van der Waals surface area (Å²) in [7, 11) is 1.85. The summed E-state index contributed by atoms with van der Waals surface area (Å²) in [6.45, 7) is 2.00. The lowest BCUT2D eigenvalue weighted by Crippen LogP contribution is -2.43. The van der Waals surface area contributed by atoms with Crippen LogP contribution in [0.2, 0.25) is 0 Å². The van der Waals surface area contributed by atoms with E-state index in [1.54, 1.807) is 6.20 Å². The minimum Gasteiger partial charge on any atom is -0.480 e. The van der Waals surface area contributed by atoms with E-state index in [1.807, 2.05) is 67.1 Å². The van der Waals surface area contributed by atoms with Crippen molar-refractivity contribution in [1.82, 2.24) is 25.1 Å². The smallest absolute Gasteiger partial charge is 0.326 e. The number of amides is 1. The summed E-state index contributed by atoms with van der Waals surface area (Å²) in [6.07, 6.45) is 1.98. The topological polar surface area (TPSA) is 113 Å². The monoisotopic (exact) mass is 449 g/mol. The van der Waals surface area contributed by atoms with Crippen molar-refractivity contribution in [2.24, 2.45) is 7.05 Å². The van der Waals surface area contributed by atoms with Crippen molar-refractivity contribution in [3.63, 3.8) is 0 Å². The SMILES string of the molecule is Cc1ccccc1-c1nnc(SCC(=O)N[C@@H](Cc2c[nH]c3ccccc23)C(=O)O)n1C. The predicted octanol–water partition coefficient (Wildman–Crippen LogP) is 3.18. The van der Waals surface area contributed by atoms with Gasteiger partial charge in [-0.05, 0) is 24.1 Å². The number of aryl methyl sites for hydroxylation is 1. The zero-order valence-electron chi connectivity index (χ0n) is 17.7. The summed E-state index contributed by atoms with van der Waals surface area (Å²) < 4.78 is 1.83. The first-order valence-electron chi connectivity index (χ1n) is 10.1. The van der Waals surface area contributed by atoms with Gasteiger partial charge in [0, 0.05) is 36.1 Å². The Balaban J connectivity index is 1.40. The van der Waals surface area contributed by atoms with E-state index in [1.165, 1.54) is 11.8 Å². The molecule has 2 heterocycles. The van der Waals surface area contributed by atoms with Gasteiger partial charge in [0.05, 0.1) is 5.75 Å². The Bertz CT molecular complexity index is 1280. The molecule has 2 aromatic carbocycles. The summed E-state index contributed by atoms with van der Waals surface area (Å²) in [4.78, 5) is 27.4. The average Bonchev–Trinajstić information content (AvgIpc) is 3.35. The molecule has 0 radical (unpaired) electrons. The highest BCUT2D eigenvalue weighted by Crippen LogP contribution is 2.25. The van der Waals surface area contributed by atoms with E-state index in [0.717, 1.165) is 27.6 Å². The second-order valence-corrected chi connectivity index (χ2v) is 8.43. The van der Waals surface area contributed by atoms with Crippen molar-refractivity contribution in [3.8, 4) is 11.4 Å². The molecule has 0 saturated heterocycles. The molecule has 0 unspecified atom stereocenters. The molecule has 0 spiro atoms. The molecule has 2 aromatic heterocycles. The number of benzene rings is 2. The van der Waals surface area contributed by atoms with E-state index in [0.29, 0.717) is 11.0 Å². The number of para-hydroxylation sites is 1. The van der Waals surface area contributed by atoms with Crippen LogP contribution in [0, 0.1) is 6.92 Å². The van der Waals surface area contributed by atoms with Crippen molar-refractivity contribution in [1.29, 1.82) is 0 Å². The standard InChI is InChI=1S/C23H23N5O3S/c1-14-7-3-4-8-16(14)21-26-27-23(28(21)2)32-13-20(29)25-19(22(30)31)11-15-12-24-18-10-6-5-9-17(15)18/h3-10,12,19,24H,11,13H2,1-2H3,(H,25,29)(H,30,31)/t19-/m0/s1. The number of carbonyl (C=O) groups is 2. The third kappa shape index (κ3) is 4.52. The van der Waals surface area contributed by atoms with Gasteiger partial charge in [-0.25, -0.2) is 4.79 Å². The van der Waals surface area contributed by atoms with Crippen molar-refractivity contribution in [3.05, 3.63) is 65.9 Å². The number of carboxylic acids is 1. The van der Waals surface area contributed by atoms with Crippen molar-refractivity contribution in [2.75, 3.05) is 5.75 Å². The normalized spacial score (nSPS) is 12.1. The number of thioether (sulfide) groups is 1. The third-order valence-corrected chi connectivity index (χ3v) is 6.31. The highest BCUT2D eigenvalue weighted by molar-refractivity contribution is 7.99. The van der Waals surface area contributed by atoms with Crippen LogP contribution in [-0.4, -0.2) is 48.5 Å². The van der Waals surface area contributed by atoms with Gasteiger partial charge in [0.15, 0.2) is 11.0 Å². The quantitative estimate of drug-likeness (QED) is 0.356. The van der Waals surface area contributed by atoms with Crippen LogP contribution in [0.3, 0.4) is 0 Å². The van der Waals surface area contributed by atoms with Crippen LogP contribution < -0.4 is 5.32 Å². The molecule has 8 nitrogen and oxygen atoms in total. The first-order valence-corrected chi connectivity index (χ1v) is 11.1. The molecule has 0 bridgehead atoms. The number of carboxylic acid groups (broad SMARTS) is 1. The number of aromatic nitrogens is 4. The van der Waals surface area contributed by atoms with Crippen LogP contribution in [0.5, 0.6) is 0 Å². The molecule has 1 amide bonds. The van der Waals surface area contributed by atoms with Gasteiger partial charge in [-0.2, -0.15) is 0 Å². The summed E-state index contributed by atoms with van der Waals surface area (Å²) in [5, 5.41) is 22.2. The molecule has 0 aliphatic rings. The molecule has 32 heavy (non-hydrogen) atoms. The molecule has 4 aromatic rings. The Morgan fingerprint density at radius 2 is 1.91 bits per heavy atom. The number of nitrogens with zero attached hydrogens (tertiary/aromatic N) is 3. The number of nitrogens with one attached hydrogen (secondary N) is 2. The second-order valence-electron chi connectivity index (χ2n) is 7.49. The highest BCUT2D eigenvalue weighted by atomic mass is 32.2. The average molecular weight is 450 g/mol. The van der Waals surface area contributed by atoms with Crippen molar-refractivity contribution >= 4 is 34.5 Å². The second kappa shape index (κ2) is 9.27. The van der Waals surface area contributed by atoms with Gasteiger partial charge in [0.1, 0.15) is 6.04 Å². The van der Waals surface area contributed by atoms with Crippen LogP contribution in [0.15, 0.2) is 59.9 Å². The fraction of sp³-hybridized carbons (Fsp3) is 0.217. The molecule has 3 N–H and O–H groups in total. The van der Waals surface area contributed by atoms with Crippen LogP contribution in [-0.2, 0) is 23.1 Å². The minimum atomic E-state index is -1.07. The lowest BCUT2D eigenvalue weighted by Gasteiger charge is -2.14. The minimum absolute atomic E-state index is 0.0391. The molecule has 0 aliphatic heterocycles. The molecule has 9 heteroatoms. The number of carbonyl (C=O) groups excluding carboxylic acids is 1. The molecule has 1 atom stereocenters. The van der Waals surface area contributed by atoms with E-state index >= 15 is 0 Å². The van der Waals surface area contributed by atoms with Crippen molar-refractivity contribution in [2.45, 2.75) is 24.5 Å². The van der Waals surface area contributed by atoms with Crippen LogP contribution >= 0.6 is 11.8 Å². The maximum absolute atomic E-state index is 12.5. The molecule has 0 fully saturated rings. The number of aromatic amines is 1. The van der Waals surface area contributed by atoms with E-state index in [9.17, 15) is 14.7 Å². The Hall–Kier alpha value is -3.59. The lowest BCUT2D eigenvalue weighted by atomic mass is 10.1. The summed E-state index contributed by atoms with van der Waals surface area (Å²) >= 11 is 1.22. The third-order valence-electron chi connectivity index (χ3n) is 5.29. The lowest BCUT2D eigenvalue weighted by molar-refractivity contribution is -0.141. The van der Waals surface area contributed by atoms with Gasteiger partial charge in [0.25, 0.3) is 0 Å². The number of aliphatic carboxylic acids is 1. The van der Waals surface area contributed by atoms with E-state index in [-0.39, 0.29) is 18.1 Å².